The van der Waals surface area contributed by atoms with Crippen molar-refractivity contribution in [3.05, 3.63) is 89.2 Å². The van der Waals surface area contributed by atoms with Crippen molar-refractivity contribution in [1.82, 2.24) is 14.5 Å². The Balaban J connectivity index is 1.36. The molecule has 1 aliphatic heterocycles. The van der Waals surface area contributed by atoms with Gasteiger partial charge in [-0.15, -0.1) is 0 Å². The largest absolute Gasteiger partial charge is 0.506 e. The number of phenols is 1. The Hall–Kier alpha value is -3.02. The highest BCUT2D eigenvalue weighted by Crippen LogP contribution is 2.28. The fourth-order valence-corrected chi connectivity index (χ4v) is 4.46. The van der Waals surface area contributed by atoms with Crippen molar-refractivity contribution in [3.8, 4) is 5.75 Å². The van der Waals surface area contributed by atoms with Gasteiger partial charge in [0.25, 0.3) is 0 Å². The van der Waals surface area contributed by atoms with E-state index < -0.39 is 0 Å². The zero-order chi connectivity index (χ0) is 21.2. The molecule has 0 bridgehead atoms. The van der Waals surface area contributed by atoms with Crippen LogP contribution >= 0.6 is 11.6 Å². The Kier molecular flexibility index (Phi) is 5.53. The Bertz CT molecular complexity index is 1180. The molecule has 6 heteroatoms. The SMILES string of the molecule is Oc1ccccc1N1CCN(Cc2nc3cc(Cl)ccc3n2Cc2ccccc2)CC1. The third-order valence-corrected chi connectivity index (χ3v) is 6.17. The Morgan fingerprint density at radius 3 is 2.35 bits per heavy atom. The van der Waals surface area contributed by atoms with Crippen molar-refractivity contribution in [2.75, 3.05) is 31.1 Å². The summed E-state index contributed by atoms with van der Waals surface area (Å²) in [6, 6.07) is 24.0. The van der Waals surface area contributed by atoms with E-state index in [-0.39, 0.29) is 0 Å². The molecule has 158 valence electrons. The van der Waals surface area contributed by atoms with Gasteiger partial charge in [-0.05, 0) is 35.9 Å². The van der Waals surface area contributed by atoms with Gasteiger partial charge in [-0.1, -0.05) is 54.1 Å². The van der Waals surface area contributed by atoms with Gasteiger partial charge < -0.3 is 14.6 Å². The van der Waals surface area contributed by atoms with E-state index in [0.717, 1.165) is 61.8 Å². The highest BCUT2D eigenvalue weighted by atomic mass is 35.5. The Morgan fingerprint density at radius 1 is 0.839 bits per heavy atom. The van der Waals surface area contributed by atoms with Crippen LogP contribution in [-0.2, 0) is 13.1 Å². The van der Waals surface area contributed by atoms with E-state index in [1.165, 1.54) is 5.56 Å². The molecule has 31 heavy (non-hydrogen) atoms. The van der Waals surface area contributed by atoms with Crippen molar-refractivity contribution >= 4 is 28.3 Å². The van der Waals surface area contributed by atoms with Crippen molar-refractivity contribution in [2.24, 2.45) is 0 Å². The topological polar surface area (TPSA) is 44.5 Å². The van der Waals surface area contributed by atoms with E-state index in [4.69, 9.17) is 16.6 Å². The monoisotopic (exact) mass is 432 g/mol. The van der Waals surface area contributed by atoms with Crippen molar-refractivity contribution in [3.63, 3.8) is 0 Å². The Morgan fingerprint density at radius 2 is 1.58 bits per heavy atom. The Labute approximate surface area is 187 Å². The zero-order valence-corrected chi connectivity index (χ0v) is 18.0. The minimum atomic E-state index is 0.345. The van der Waals surface area contributed by atoms with Crippen molar-refractivity contribution in [2.45, 2.75) is 13.1 Å². The number of para-hydroxylation sites is 2. The fraction of sp³-hybridized carbons (Fsp3) is 0.240. The first-order valence-electron chi connectivity index (χ1n) is 10.6. The molecule has 1 fully saturated rings. The molecule has 0 atom stereocenters. The number of aromatic hydroxyl groups is 1. The van der Waals surface area contributed by atoms with Gasteiger partial charge in [0, 0.05) is 37.7 Å². The number of hydrogen-bond acceptors (Lipinski definition) is 4. The first kappa shape index (κ1) is 19.9. The van der Waals surface area contributed by atoms with Crippen LogP contribution in [-0.4, -0.2) is 45.7 Å². The fourth-order valence-electron chi connectivity index (χ4n) is 4.29. The molecule has 0 spiro atoms. The van der Waals surface area contributed by atoms with Crippen LogP contribution in [0.2, 0.25) is 5.02 Å². The molecule has 2 heterocycles. The van der Waals surface area contributed by atoms with Gasteiger partial charge in [-0.2, -0.15) is 0 Å². The van der Waals surface area contributed by atoms with Gasteiger partial charge in [0.2, 0.25) is 0 Å². The van der Waals surface area contributed by atoms with E-state index in [2.05, 4.69) is 44.7 Å². The minimum absolute atomic E-state index is 0.345. The van der Waals surface area contributed by atoms with Crippen LogP contribution in [0.4, 0.5) is 5.69 Å². The van der Waals surface area contributed by atoms with E-state index in [1.807, 2.05) is 36.4 Å². The first-order chi connectivity index (χ1) is 15.2. The van der Waals surface area contributed by atoms with Crippen LogP contribution in [0.5, 0.6) is 5.75 Å². The van der Waals surface area contributed by atoms with Gasteiger partial charge in [-0.3, -0.25) is 4.90 Å². The van der Waals surface area contributed by atoms with Gasteiger partial charge in [0.1, 0.15) is 11.6 Å². The van der Waals surface area contributed by atoms with Crippen LogP contribution < -0.4 is 4.90 Å². The number of aromatic nitrogens is 2. The molecule has 5 rings (SSSR count). The first-order valence-corrected chi connectivity index (χ1v) is 11.0. The number of fused-ring (bicyclic) bond motifs is 1. The highest BCUT2D eigenvalue weighted by molar-refractivity contribution is 6.31. The van der Waals surface area contributed by atoms with E-state index in [1.54, 1.807) is 6.07 Å². The summed E-state index contributed by atoms with van der Waals surface area (Å²) in [7, 11) is 0. The highest BCUT2D eigenvalue weighted by Gasteiger charge is 2.21. The molecular weight excluding hydrogens is 408 g/mol. The number of hydrogen-bond donors (Lipinski definition) is 1. The molecule has 1 aliphatic rings. The van der Waals surface area contributed by atoms with Crippen LogP contribution in [0.15, 0.2) is 72.8 Å². The standard InChI is InChI=1S/C25H25ClN4O/c26-20-10-11-22-21(16-20)27-25(30(22)17-19-6-2-1-3-7-19)18-28-12-14-29(15-13-28)23-8-4-5-9-24(23)31/h1-11,16,31H,12-15,17-18H2. The smallest absolute Gasteiger partial charge is 0.138 e. The number of nitrogens with zero attached hydrogens (tertiary/aromatic N) is 4. The lowest BCUT2D eigenvalue weighted by Crippen LogP contribution is -2.46. The summed E-state index contributed by atoms with van der Waals surface area (Å²) in [6.45, 7) is 5.16. The summed E-state index contributed by atoms with van der Waals surface area (Å²) in [5.74, 6) is 1.40. The molecule has 3 aromatic carbocycles. The van der Waals surface area contributed by atoms with E-state index in [9.17, 15) is 5.11 Å². The van der Waals surface area contributed by atoms with Gasteiger partial charge >= 0.3 is 0 Å². The molecule has 1 aromatic heterocycles. The number of piperazine rings is 1. The predicted molar refractivity (Wildman–Crippen MR) is 126 cm³/mol. The van der Waals surface area contributed by atoms with Crippen LogP contribution in [0, 0.1) is 0 Å². The van der Waals surface area contributed by atoms with Gasteiger partial charge in [0.05, 0.1) is 23.3 Å². The number of benzene rings is 3. The minimum Gasteiger partial charge on any atom is -0.506 e. The van der Waals surface area contributed by atoms with Gasteiger partial charge in [0.15, 0.2) is 0 Å². The lowest BCUT2D eigenvalue weighted by Gasteiger charge is -2.36. The van der Waals surface area contributed by atoms with Crippen molar-refractivity contribution < 1.29 is 5.11 Å². The quantitative estimate of drug-likeness (QED) is 0.493. The van der Waals surface area contributed by atoms with Crippen LogP contribution in [0.1, 0.15) is 11.4 Å². The number of halogens is 1. The summed E-state index contributed by atoms with van der Waals surface area (Å²) >= 11 is 6.23. The lowest BCUT2D eigenvalue weighted by atomic mass is 10.2. The molecule has 0 aliphatic carbocycles. The maximum absolute atomic E-state index is 10.2. The van der Waals surface area contributed by atoms with Gasteiger partial charge in [-0.25, -0.2) is 4.98 Å². The lowest BCUT2D eigenvalue weighted by molar-refractivity contribution is 0.241. The third kappa shape index (κ3) is 4.24. The zero-order valence-electron chi connectivity index (χ0n) is 17.3. The maximum atomic E-state index is 10.2. The summed E-state index contributed by atoms with van der Waals surface area (Å²) in [5, 5.41) is 10.9. The number of anilines is 1. The normalized spacial score (nSPS) is 14.9. The second-order valence-electron chi connectivity index (χ2n) is 7.98. The molecule has 1 N–H and O–H groups in total. The summed E-state index contributed by atoms with van der Waals surface area (Å²) < 4.78 is 2.30. The molecule has 0 unspecified atom stereocenters. The molecular formula is C25H25ClN4O. The molecule has 5 nitrogen and oxygen atoms in total. The van der Waals surface area contributed by atoms with Crippen LogP contribution in [0.25, 0.3) is 11.0 Å². The predicted octanol–water partition coefficient (Wildman–Crippen LogP) is 4.77. The summed E-state index contributed by atoms with van der Waals surface area (Å²) in [5.41, 5.74) is 4.21. The van der Waals surface area contributed by atoms with Crippen LogP contribution in [0.3, 0.4) is 0 Å². The molecule has 1 saturated heterocycles. The van der Waals surface area contributed by atoms with E-state index in [0.29, 0.717) is 10.8 Å². The average molecular weight is 433 g/mol. The summed E-state index contributed by atoms with van der Waals surface area (Å²) in [4.78, 5) is 9.62. The molecule has 0 amide bonds. The van der Waals surface area contributed by atoms with Crippen molar-refractivity contribution in [1.29, 1.82) is 0 Å². The molecule has 0 radical (unpaired) electrons. The number of imidazole rings is 1. The third-order valence-electron chi connectivity index (χ3n) is 5.93. The van der Waals surface area contributed by atoms with E-state index >= 15 is 0 Å². The molecule has 4 aromatic rings. The maximum Gasteiger partial charge on any atom is 0.138 e. The average Bonchev–Trinajstić information content (AvgIpc) is 3.11. The number of phenolic OH excluding ortho intramolecular Hbond substituents is 1. The number of rotatable bonds is 5. The molecule has 0 saturated carbocycles. The second-order valence-corrected chi connectivity index (χ2v) is 8.42. The summed E-state index contributed by atoms with van der Waals surface area (Å²) in [6.07, 6.45) is 0. The second kappa shape index (κ2) is 8.61.